The van der Waals surface area contributed by atoms with Gasteiger partial charge < -0.3 is 19.5 Å². The summed E-state index contributed by atoms with van der Waals surface area (Å²) in [7, 11) is 1.93. The van der Waals surface area contributed by atoms with Crippen molar-refractivity contribution >= 4 is 11.7 Å². The smallest absolute Gasteiger partial charge is 0.303 e. The zero-order chi connectivity index (χ0) is 12.3. The molecule has 5 heteroatoms. The molecule has 1 heterocycles. The highest BCUT2D eigenvalue weighted by molar-refractivity contribution is 5.66. The van der Waals surface area contributed by atoms with E-state index in [-0.39, 0.29) is 13.2 Å². The monoisotopic (exact) mass is 237 g/mol. The molecule has 5 nitrogen and oxygen atoms in total. The van der Waals surface area contributed by atoms with E-state index >= 15 is 0 Å². The van der Waals surface area contributed by atoms with E-state index in [4.69, 9.17) is 14.6 Å². The summed E-state index contributed by atoms with van der Waals surface area (Å²) in [6.07, 6.45) is 0.815. The molecule has 0 aliphatic carbocycles. The summed E-state index contributed by atoms with van der Waals surface area (Å²) in [5.74, 6) is 0.740. The molecule has 1 aliphatic heterocycles. The molecule has 0 amide bonds. The van der Waals surface area contributed by atoms with E-state index in [2.05, 4.69) is 0 Å². The maximum absolute atomic E-state index is 10.4. The van der Waals surface area contributed by atoms with Gasteiger partial charge in [-0.2, -0.15) is 0 Å². The Balaban J connectivity index is 1.95. The second-order valence-electron chi connectivity index (χ2n) is 3.96. The van der Waals surface area contributed by atoms with Crippen molar-refractivity contribution in [1.82, 2.24) is 0 Å². The number of hydrogen-bond acceptors (Lipinski definition) is 4. The summed E-state index contributed by atoms with van der Waals surface area (Å²) in [6.45, 7) is 0.966. The van der Waals surface area contributed by atoms with E-state index in [0.717, 1.165) is 17.2 Å². The van der Waals surface area contributed by atoms with Crippen LogP contribution < -0.4 is 14.4 Å². The average molecular weight is 237 g/mol. The van der Waals surface area contributed by atoms with Gasteiger partial charge in [-0.3, -0.25) is 4.79 Å². The molecule has 0 radical (unpaired) electrons. The lowest BCUT2D eigenvalue weighted by Crippen LogP contribution is -2.19. The number of aliphatic carboxylic acids is 1. The molecule has 0 unspecified atom stereocenters. The number of carbonyl (C=O) groups is 1. The summed E-state index contributed by atoms with van der Waals surface area (Å²) in [5, 5.41) is 8.57. The van der Waals surface area contributed by atoms with Gasteiger partial charge in [-0.25, -0.2) is 0 Å². The van der Waals surface area contributed by atoms with Gasteiger partial charge in [0.1, 0.15) is 0 Å². The highest BCUT2D eigenvalue weighted by Gasteiger charge is 2.14. The van der Waals surface area contributed by atoms with Crippen molar-refractivity contribution in [3.63, 3.8) is 0 Å². The van der Waals surface area contributed by atoms with Crippen molar-refractivity contribution in [3.05, 3.63) is 18.2 Å². The van der Waals surface area contributed by atoms with Crippen LogP contribution in [0, 0.1) is 0 Å². The first kappa shape index (κ1) is 11.6. The minimum Gasteiger partial charge on any atom is -0.481 e. The molecular weight excluding hydrogens is 222 g/mol. The Hall–Kier alpha value is -1.91. The number of ether oxygens (including phenoxy) is 2. The Morgan fingerprint density at radius 2 is 2.18 bits per heavy atom. The van der Waals surface area contributed by atoms with Crippen LogP contribution >= 0.6 is 0 Å². The first-order chi connectivity index (χ1) is 8.16. The lowest BCUT2D eigenvalue weighted by atomic mass is 10.2. The number of nitrogens with zero attached hydrogens (tertiary/aromatic N) is 1. The van der Waals surface area contributed by atoms with E-state index in [9.17, 15) is 4.79 Å². The Bertz CT molecular complexity index is 419. The maximum Gasteiger partial charge on any atom is 0.303 e. The van der Waals surface area contributed by atoms with Gasteiger partial charge in [0.15, 0.2) is 11.5 Å². The van der Waals surface area contributed by atoms with Gasteiger partial charge in [0.25, 0.3) is 0 Å². The predicted molar refractivity (Wildman–Crippen MR) is 62.7 cm³/mol. The number of anilines is 1. The molecular formula is C12H15NO4. The quantitative estimate of drug-likeness (QED) is 0.844. The normalized spacial score (nSPS) is 12.5. The van der Waals surface area contributed by atoms with Gasteiger partial charge in [0, 0.05) is 31.8 Å². The molecule has 0 saturated carbocycles. The lowest BCUT2D eigenvalue weighted by molar-refractivity contribution is -0.137. The van der Waals surface area contributed by atoms with Crippen molar-refractivity contribution in [2.75, 3.05) is 25.3 Å². The highest BCUT2D eigenvalue weighted by Crippen LogP contribution is 2.35. The summed E-state index contributed by atoms with van der Waals surface area (Å²) in [5.41, 5.74) is 1.000. The summed E-state index contributed by atoms with van der Waals surface area (Å²) in [4.78, 5) is 12.4. The third kappa shape index (κ3) is 2.81. The molecule has 1 aromatic carbocycles. The van der Waals surface area contributed by atoms with E-state index in [0.29, 0.717) is 13.0 Å². The van der Waals surface area contributed by atoms with Crippen LogP contribution in [0.1, 0.15) is 12.8 Å². The van der Waals surface area contributed by atoms with Gasteiger partial charge in [-0.15, -0.1) is 0 Å². The molecule has 1 N–H and O–H groups in total. The number of hydrogen-bond donors (Lipinski definition) is 1. The topological polar surface area (TPSA) is 59.0 Å². The van der Waals surface area contributed by atoms with E-state index in [1.54, 1.807) is 0 Å². The van der Waals surface area contributed by atoms with E-state index in [1.165, 1.54) is 0 Å². The minimum atomic E-state index is -0.760. The van der Waals surface area contributed by atoms with Gasteiger partial charge in [0.2, 0.25) is 6.79 Å². The molecule has 1 aromatic rings. The molecule has 0 saturated heterocycles. The number of fused-ring (bicyclic) bond motifs is 1. The largest absolute Gasteiger partial charge is 0.481 e. The standard InChI is InChI=1S/C12H15NO4/c1-13(6-2-3-12(14)15)9-4-5-10-11(7-9)17-8-16-10/h4-5,7H,2-3,6,8H2,1H3,(H,14,15). The van der Waals surface area contributed by atoms with Crippen LogP contribution in [0.25, 0.3) is 0 Å². The first-order valence-electron chi connectivity index (χ1n) is 5.49. The molecule has 0 spiro atoms. The minimum absolute atomic E-state index is 0.189. The molecule has 1 aliphatic rings. The van der Waals surface area contributed by atoms with Crippen LogP contribution in [0.5, 0.6) is 11.5 Å². The third-order valence-corrected chi connectivity index (χ3v) is 2.68. The van der Waals surface area contributed by atoms with Gasteiger partial charge in [-0.05, 0) is 18.6 Å². The fourth-order valence-electron chi connectivity index (χ4n) is 1.72. The number of rotatable bonds is 5. The van der Waals surface area contributed by atoms with Crippen LogP contribution in [-0.4, -0.2) is 31.5 Å². The summed E-state index contributed by atoms with van der Waals surface area (Å²) in [6, 6.07) is 5.71. The van der Waals surface area contributed by atoms with Crippen molar-refractivity contribution in [2.24, 2.45) is 0 Å². The molecule has 2 rings (SSSR count). The van der Waals surface area contributed by atoms with Crippen molar-refractivity contribution in [3.8, 4) is 11.5 Å². The molecule has 0 bridgehead atoms. The molecule has 0 aromatic heterocycles. The van der Waals surface area contributed by atoms with E-state index < -0.39 is 5.97 Å². The van der Waals surface area contributed by atoms with Gasteiger partial charge >= 0.3 is 5.97 Å². The third-order valence-electron chi connectivity index (χ3n) is 2.68. The summed E-state index contributed by atoms with van der Waals surface area (Å²) >= 11 is 0. The SMILES string of the molecule is CN(CCCC(=O)O)c1ccc2c(c1)OCO2. The van der Waals surface area contributed by atoms with Crippen molar-refractivity contribution in [2.45, 2.75) is 12.8 Å². The van der Waals surface area contributed by atoms with Gasteiger partial charge in [-0.1, -0.05) is 0 Å². The second-order valence-corrected chi connectivity index (χ2v) is 3.96. The van der Waals surface area contributed by atoms with Crippen LogP contribution in [-0.2, 0) is 4.79 Å². The molecule has 0 fully saturated rings. The first-order valence-corrected chi connectivity index (χ1v) is 5.49. The van der Waals surface area contributed by atoms with Gasteiger partial charge in [0.05, 0.1) is 0 Å². The fourth-order valence-corrected chi connectivity index (χ4v) is 1.72. The Kier molecular flexibility index (Phi) is 3.37. The molecule has 92 valence electrons. The fraction of sp³-hybridized carbons (Fsp3) is 0.417. The zero-order valence-electron chi connectivity index (χ0n) is 9.68. The number of carboxylic acid groups (broad SMARTS) is 1. The van der Waals surface area contributed by atoms with Crippen LogP contribution in [0.4, 0.5) is 5.69 Å². The Labute approximate surface area is 99.6 Å². The predicted octanol–water partition coefficient (Wildman–Crippen LogP) is 1.72. The molecule has 17 heavy (non-hydrogen) atoms. The van der Waals surface area contributed by atoms with Crippen LogP contribution in [0.15, 0.2) is 18.2 Å². The van der Waals surface area contributed by atoms with Crippen molar-refractivity contribution in [1.29, 1.82) is 0 Å². The summed E-state index contributed by atoms with van der Waals surface area (Å²) < 4.78 is 10.5. The van der Waals surface area contributed by atoms with Crippen LogP contribution in [0.2, 0.25) is 0 Å². The number of carboxylic acids is 1. The van der Waals surface area contributed by atoms with E-state index in [1.807, 2.05) is 30.1 Å². The second kappa shape index (κ2) is 4.95. The average Bonchev–Trinajstić information content (AvgIpc) is 2.75. The highest BCUT2D eigenvalue weighted by atomic mass is 16.7. The Morgan fingerprint density at radius 3 is 2.94 bits per heavy atom. The Morgan fingerprint density at radius 1 is 1.41 bits per heavy atom. The zero-order valence-corrected chi connectivity index (χ0v) is 9.68. The number of benzene rings is 1. The molecule has 0 atom stereocenters. The lowest BCUT2D eigenvalue weighted by Gasteiger charge is -2.19. The van der Waals surface area contributed by atoms with Crippen LogP contribution in [0.3, 0.4) is 0 Å². The van der Waals surface area contributed by atoms with Crippen molar-refractivity contribution < 1.29 is 19.4 Å². The maximum atomic E-state index is 10.4.